The van der Waals surface area contributed by atoms with Crippen molar-refractivity contribution in [1.29, 1.82) is 0 Å². The summed E-state index contributed by atoms with van der Waals surface area (Å²) < 4.78 is 1.48. The van der Waals surface area contributed by atoms with E-state index >= 15 is 0 Å². The number of likely N-dealkylation sites (N-methyl/N-ethyl adjacent to an activating group) is 1. The number of carbonyl (C=O) groups excluding carboxylic acids is 2. The molecule has 1 fully saturated rings. The Morgan fingerprint density at radius 2 is 1.90 bits per heavy atom. The van der Waals surface area contributed by atoms with E-state index in [1.807, 2.05) is 26.2 Å². The second-order valence-electron chi connectivity index (χ2n) is 8.10. The Hall–Kier alpha value is -2.73. The van der Waals surface area contributed by atoms with E-state index in [0.29, 0.717) is 24.4 Å². The summed E-state index contributed by atoms with van der Waals surface area (Å²) in [7, 11) is 5.56. The molecule has 6 heteroatoms. The van der Waals surface area contributed by atoms with Gasteiger partial charge < -0.3 is 14.8 Å². The maximum Gasteiger partial charge on any atom is 0.263 e. The number of hydrogen-bond donors (Lipinski definition) is 1. The number of amides is 1. The van der Waals surface area contributed by atoms with Gasteiger partial charge in [-0.2, -0.15) is 0 Å². The van der Waals surface area contributed by atoms with Crippen LogP contribution in [0.1, 0.15) is 51.1 Å². The van der Waals surface area contributed by atoms with E-state index in [1.54, 1.807) is 6.20 Å². The first kappa shape index (κ1) is 21.0. The molecule has 0 atom stereocenters. The number of carbonyl (C=O) groups is 2. The zero-order valence-corrected chi connectivity index (χ0v) is 17.4. The molecule has 1 heterocycles. The molecule has 29 heavy (non-hydrogen) atoms. The number of benzene rings is 1. The molecule has 1 aromatic heterocycles. The number of nitrogens with zero attached hydrogens (tertiary/aromatic N) is 2. The molecule has 1 aliphatic carbocycles. The van der Waals surface area contributed by atoms with E-state index in [2.05, 4.69) is 22.3 Å². The molecule has 3 rings (SSSR count). The third-order valence-corrected chi connectivity index (χ3v) is 5.24. The van der Waals surface area contributed by atoms with Gasteiger partial charge in [0.2, 0.25) is 0 Å². The second-order valence-corrected chi connectivity index (χ2v) is 8.10. The Balaban J connectivity index is 1.91. The van der Waals surface area contributed by atoms with Gasteiger partial charge in [0, 0.05) is 31.8 Å². The standard InChI is InChI=1S/C23H29N3O3/c1-24-22(28)20-13-19(21(27)12-17-7-8-17)15-26(23(20)29)14-18-6-4-5-16(11-18)9-10-25(2)3/h4-6,11,13,15,17H,7-10,12,14H2,1-3H3,(H,24,28). The third kappa shape index (κ3) is 5.64. The Morgan fingerprint density at radius 3 is 2.55 bits per heavy atom. The largest absolute Gasteiger partial charge is 0.355 e. The van der Waals surface area contributed by atoms with Crippen LogP contribution in [-0.4, -0.2) is 48.8 Å². The summed E-state index contributed by atoms with van der Waals surface area (Å²) in [4.78, 5) is 39.8. The van der Waals surface area contributed by atoms with Gasteiger partial charge in [-0.05, 0) is 56.5 Å². The van der Waals surface area contributed by atoms with E-state index in [9.17, 15) is 14.4 Å². The average Bonchev–Trinajstić information content (AvgIpc) is 3.51. The minimum Gasteiger partial charge on any atom is -0.355 e. The quantitative estimate of drug-likeness (QED) is 0.662. The molecule has 1 aromatic carbocycles. The molecule has 1 saturated carbocycles. The van der Waals surface area contributed by atoms with E-state index in [-0.39, 0.29) is 16.9 Å². The highest BCUT2D eigenvalue weighted by Gasteiger charge is 2.26. The van der Waals surface area contributed by atoms with Crippen LogP contribution in [-0.2, 0) is 13.0 Å². The number of Topliss-reactive ketones (excluding diaryl/α,β-unsaturated/α-hetero) is 1. The van der Waals surface area contributed by atoms with Crippen molar-refractivity contribution in [2.75, 3.05) is 27.7 Å². The van der Waals surface area contributed by atoms with Crippen molar-refractivity contribution in [3.8, 4) is 0 Å². The average molecular weight is 396 g/mol. The molecular weight excluding hydrogens is 366 g/mol. The summed E-state index contributed by atoms with van der Waals surface area (Å²) in [6.45, 7) is 1.26. The van der Waals surface area contributed by atoms with Crippen LogP contribution in [0.15, 0.2) is 41.3 Å². The van der Waals surface area contributed by atoms with Crippen molar-refractivity contribution >= 4 is 11.7 Å². The molecule has 0 spiro atoms. The highest BCUT2D eigenvalue weighted by Crippen LogP contribution is 2.33. The lowest BCUT2D eigenvalue weighted by Crippen LogP contribution is -2.32. The molecule has 2 aromatic rings. The normalized spacial score (nSPS) is 13.5. The number of nitrogens with one attached hydrogen (secondary N) is 1. The van der Waals surface area contributed by atoms with Crippen LogP contribution in [0.4, 0.5) is 0 Å². The molecule has 6 nitrogen and oxygen atoms in total. The molecule has 0 bridgehead atoms. The van der Waals surface area contributed by atoms with Crippen LogP contribution in [0.25, 0.3) is 0 Å². The van der Waals surface area contributed by atoms with E-state index in [4.69, 9.17) is 0 Å². The van der Waals surface area contributed by atoms with Gasteiger partial charge in [0.15, 0.2) is 5.78 Å². The summed E-state index contributed by atoms with van der Waals surface area (Å²) >= 11 is 0. The van der Waals surface area contributed by atoms with Gasteiger partial charge in [0.25, 0.3) is 11.5 Å². The maximum atomic E-state index is 12.9. The highest BCUT2D eigenvalue weighted by atomic mass is 16.2. The smallest absolute Gasteiger partial charge is 0.263 e. The van der Waals surface area contributed by atoms with Gasteiger partial charge in [-0.1, -0.05) is 24.3 Å². The molecule has 154 valence electrons. The Kier molecular flexibility index (Phi) is 6.64. The zero-order valence-electron chi connectivity index (χ0n) is 17.4. The SMILES string of the molecule is CNC(=O)c1cc(C(=O)CC2CC2)cn(Cc2cccc(CCN(C)C)c2)c1=O. The number of hydrogen-bond acceptors (Lipinski definition) is 4. The van der Waals surface area contributed by atoms with Gasteiger partial charge in [-0.3, -0.25) is 14.4 Å². The van der Waals surface area contributed by atoms with Gasteiger partial charge >= 0.3 is 0 Å². The Bertz CT molecular complexity index is 958. The van der Waals surface area contributed by atoms with Crippen molar-refractivity contribution in [3.05, 3.63) is 69.1 Å². The predicted octanol–water partition coefficient (Wildman–Crippen LogP) is 2.34. The van der Waals surface area contributed by atoms with Gasteiger partial charge in [-0.15, -0.1) is 0 Å². The molecule has 0 unspecified atom stereocenters. The van der Waals surface area contributed by atoms with Crippen LogP contribution in [0.3, 0.4) is 0 Å². The van der Waals surface area contributed by atoms with E-state index in [1.165, 1.54) is 23.2 Å². The summed E-state index contributed by atoms with van der Waals surface area (Å²) in [5.41, 5.74) is 2.22. The molecule has 0 radical (unpaired) electrons. The number of rotatable bonds is 9. The molecule has 0 aliphatic heterocycles. The van der Waals surface area contributed by atoms with Crippen molar-refractivity contribution in [1.82, 2.24) is 14.8 Å². The van der Waals surface area contributed by atoms with Crippen LogP contribution in [0.2, 0.25) is 0 Å². The highest BCUT2D eigenvalue weighted by molar-refractivity contribution is 6.00. The van der Waals surface area contributed by atoms with Crippen molar-refractivity contribution in [2.24, 2.45) is 5.92 Å². The van der Waals surface area contributed by atoms with Gasteiger partial charge in [-0.25, -0.2) is 0 Å². The molecule has 1 aliphatic rings. The van der Waals surface area contributed by atoms with Crippen LogP contribution >= 0.6 is 0 Å². The van der Waals surface area contributed by atoms with E-state index in [0.717, 1.165) is 31.4 Å². The molecular formula is C23H29N3O3. The monoisotopic (exact) mass is 395 g/mol. The fourth-order valence-electron chi connectivity index (χ4n) is 3.34. The lowest BCUT2D eigenvalue weighted by atomic mass is 10.0. The second kappa shape index (κ2) is 9.18. The first-order valence-electron chi connectivity index (χ1n) is 10.1. The number of ketones is 1. The predicted molar refractivity (Wildman–Crippen MR) is 114 cm³/mol. The van der Waals surface area contributed by atoms with Crippen molar-refractivity contribution in [2.45, 2.75) is 32.2 Å². The minimum absolute atomic E-state index is 0.00821. The van der Waals surface area contributed by atoms with Gasteiger partial charge in [0.05, 0.1) is 6.54 Å². The number of pyridine rings is 1. The molecule has 0 saturated heterocycles. The first-order chi connectivity index (χ1) is 13.9. The minimum atomic E-state index is -0.468. The van der Waals surface area contributed by atoms with E-state index < -0.39 is 5.91 Å². The van der Waals surface area contributed by atoms with Gasteiger partial charge in [0.1, 0.15) is 5.56 Å². The first-order valence-corrected chi connectivity index (χ1v) is 10.1. The fraction of sp³-hybridized carbons (Fsp3) is 0.435. The Labute approximate surface area is 171 Å². The van der Waals surface area contributed by atoms with Crippen LogP contribution in [0.5, 0.6) is 0 Å². The summed E-state index contributed by atoms with van der Waals surface area (Å²) in [6, 6.07) is 9.53. The lowest BCUT2D eigenvalue weighted by molar-refractivity contribution is 0.0961. The summed E-state index contributed by atoms with van der Waals surface area (Å²) in [6.07, 6.45) is 5.15. The zero-order chi connectivity index (χ0) is 21.0. The molecule has 1 amide bonds. The summed E-state index contributed by atoms with van der Waals surface area (Å²) in [5, 5.41) is 2.50. The van der Waals surface area contributed by atoms with Crippen LogP contribution in [0, 0.1) is 5.92 Å². The van der Waals surface area contributed by atoms with Crippen LogP contribution < -0.4 is 10.9 Å². The van der Waals surface area contributed by atoms with Crippen molar-refractivity contribution in [3.63, 3.8) is 0 Å². The molecule has 1 N–H and O–H groups in total. The maximum absolute atomic E-state index is 12.9. The van der Waals surface area contributed by atoms with Crippen molar-refractivity contribution < 1.29 is 9.59 Å². The fourth-order valence-corrected chi connectivity index (χ4v) is 3.34. The third-order valence-electron chi connectivity index (χ3n) is 5.24. The Morgan fingerprint density at radius 1 is 1.17 bits per heavy atom. The topological polar surface area (TPSA) is 71.4 Å². The lowest BCUT2D eigenvalue weighted by Gasteiger charge is -2.13. The number of aromatic nitrogens is 1. The summed E-state index contributed by atoms with van der Waals surface area (Å²) in [5.74, 6) is -0.0320.